The molecule has 7 nitrogen and oxygen atoms in total. The van der Waals surface area contributed by atoms with Gasteiger partial charge in [0.2, 0.25) is 0 Å². The van der Waals surface area contributed by atoms with Crippen molar-refractivity contribution < 1.29 is 22.5 Å². The molecule has 3 rings (SSSR count). The van der Waals surface area contributed by atoms with Gasteiger partial charge in [-0.05, 0) is 42.8 Å². The van der Waals surface area contributed by atoms with Crippen LogP contribution in [0.2, 0.25) is 0 Å². The lowest BCUT2D eigenvalue weighted by atomic mass is 10.2. The number of carbonyl (C=O) groups is 1. The molecule has 150 valence electrons. The molecule has 1 heterocycles. The lowest BCUT2D eigenvalue weighted by Crippen LogP contribution is -3.12. The third kappa shape index (κ3) is 4.86. The lowest BCUT2D eigenvalue weighted by Gasteiger charge is -2.30. The zero-order chi connectivity index (χ0) is 20.3. The third-order valence-corrected chi connectivity index (χ3v) is 6.09. The van der Waals surface area contributed by atoms with E-state index in [1.54, 1.807) is 19.1 Å². The number of likely N-dealkylation sites (N-methyl/N-ethyl adjacent to an activating group) is 1. The second kappa shape index (κ2) is 8.26. The number of rotatable bonds is 5. The molecule has 2 aromatic rings. The second-order valence-electron chi connectivity index (χ2n) is 6.98. The summed E-state index contributed by atoms with van der Waals surface area (Å²) in [6.45, 7) is 4.94. The van der Waals surface area contributed by atoms with Crippen molar-refractivity contribution in [1.29, 1.82) is 0 Å². The summed E-state index contributed by atoms with van der Waals surface area (Å²) < 4.78 is 41.1. The Kier molecular flexibility index (Phi) is 5.97. The first-order valence-corrected chi connectivity index (χ1v) is 10.5. The molecule has 2 aromatic carbocycles. The zero-order valence-electron chi connectivity index (χ0n) is 15.8. The van der Waals surface area contributed by atoms with Crippen molar-refractivity contribution >= 4 is 21.6 Å². The molecule has 0 saturated carbocycles. The fourth-order valence-corrected chi connectivity index (χ4v) is 3.95. The van der Waals surface area contributed by atoms with Crippen LogP contribution in [0.1, 0.15) is 15.9 Å². The number of hydrazine groups is 1. The maximum Gasteiger partial charge on any atom is 0.265 e. The maximum absolute atomic E-state index is 13.7. The van der Waals surface area contributed by atoms with E-state index >= 15 is 0 Å². The summed E-state index contributed by atoms with van der Waals surface area (Å²) in [6, 6.07) is 9.93. The molecule has 0 aromatic heterocycles. The number of carbonyl (C=O) groups excluding carboxylic acids is 1. The highest BCUT2D eigenvalue weighted by Crippen LogP contribution is 2.19. The molecule has 1 aliphatic heterocycles. The number of nitrogens with zero attached hydrogens (tertiary/aromatic N) is 1. The minimum absolute atomic E-state index is 0.176. The molecule has 0 unspecified atom stereocenters. The number of halogens is 1. The minimum atomic E-state index is -3.96. The highest BCUT2D eigenvalue weighted by Gasteiger charge is 2.20. The van der Waals surface area contributed by atoms with Crippen LogP contribution in [0.3, 0.4) is 0 Å². The Balaban J connectivity index is 1.72. The number of aryl methyl sites for hydroxylation is 1. The molecule has 1 saturated heterocycles. The predicted molar refractivity (Wildman–Crippen MR) is 104 cm³/mol. The van der Waals surface area contributed by atoms with Gasteiger partial charge >= 0.3 is 0 Å². The van der Waals surface area contributed by atoms with Crippen LogP contribution in [0.4, 0.5) is 10.1 Å². The maximum atomic E-state index is 13.7. The summed E-state index contributed by atoms with van der Waals surface area (Å²) in [7, 11) is -1.86. The Labute approximate surface area is 164 Å². The average Bonchev–Trinajstić information content (AvgIpc) is 2.65. The van der Waals surface area contributed by atoms with Gasteiger partial charge in [0.25, 0.3) is 15.9 Å². The number of amides is 1. The van der Waals surface area contributed by atoms with Crippen molar-refractivity contribution in [3.63, 3.8) is 0 Å². The van der Waals surface area contributed by atoms with Gasteiger partial charge in [-0.15, -0.1) is 0 Å². The van der Waals surface area contributed by atoms with E-state index in [9.17, 15) is 17.6 Å². The van der Waals surface area contributed by atoms with Gasteiger partial charge in [0.05, 0.1) is 38.1 Å². The molecule has 0 atom stereocenters. The van der Waals surface area contributed by atoms with E-state index in [2.05, 4.69) is 17.2 Å². The van der Waals surface area contributed by atoms with Crippen LogP contribution in [0.25, 0.3) is 0 Å². The molecule has 0 bridgehead atoms. The van der Waals surface area contributed by atoms with Gasteiger partial charge in [-0.3, -0.25) is 14.9 Å². The van der Waals surface area contributed by atoms with Crippen LogP contribution in [0.15, 0.2) is 47.4 Å². The van der Waals surface area contributed by atoms with E-state index in [1.165, 1.54) is 29.2 Å². The molecule has 0 radical (unpaired) electrons. The quantitative estimate of drug-likeness (QED) is 0.671. The highest BCUT2D eigenvalue weighted by molar-refractivity contribution is 7.92. The summed E-state index contributed by atoms with van der Waals surface area (Å²) in [4.78, 5) is 13.7. The standard InChI is InChI=1S/C19H23FN4O3S/c1-14-6-7-17(13-18(14)20)28(26,27)22-16-5-3-4-15(12-16)19(25)21-24-10-8-23(2)9-11-24/h3-7,12-13,22H,8-11H2,1-2H3,(H,21,25)/p+1. The molecule has 3 N–H and O–H groups in total. The van der Waals surface area contributed by atoms with Crippen LogP contribution in [0, 0.1) is 12.7 Å². The lowest BCUT2D eigenvalue weighted by molar-refractivity contribution is -0.884. The van der Waals surface area contributed by atoms with Crippen molar-refractivity contribution in [2.45, 2.75) is 11.8 Å². The van der Waals surface area contributed by atoms with E-state index in [0.717, 1.165) is 32.2 Å². The summed E-state index contributed by atoms with van der Waals surface area (Å²) in [5.41, 5.74) is 3.78. The summed E-state index contributed by atoms with van der Waals surface area (Å²) >= 11 is 0. The number of quaternary nitrogens is 1. The molecule has 0 aliphatic carbocycles. The van der Waals surface area contributed by atoms with E-state index in [0.29, 0.717) is 11.1 Å². The largest absolute Gasteiger partial charge is 0.335 e. The summed E-state index contributed by atoms with van der Waals surface area (Å²) in [5.74, 6) is -0.896. The first-order valence-electron chi connectivity index (χ1n) is 9.01. The van der Waals surface area contributed by atoms with Crippen LogP contribution in [-0.2, 0) is 10.0 Å². The van der Waals surface area contributed by atoms with E-state index in [1.807, 2.05) is 5.01 Å². The third-order valence-electron chi connectivity index (χ3n) is 4.71. The number of hydrogen-bond acceptors (Lipinski definition) is 4. The van der Waals surface area contributed by atoms with Crippen molar-refractivity contribution in [2.75, 3.05) is 37.9 Å². The second-order valence-corrected chi connectivity index (χ2v) is 8.66. The van der Waals surface area contributed by atoms with Crippen molar-refractivity contribution in [3.8, 4) is 0 Å². The van der Waals surface area contributed by atoms with E-state index < -0.39 is 15.8 Å². The molecular weight excluding hydrogens is 383 g/mol. The van der Waals surface area contributed by atoms with Crippen LogP contribution in [-0.4, -0.2) is 52.6 Å². The Morgan fingerprint density at radius 2 is 1.86 bits per heavy atom. The van der Waals surface area contributed by atoms with E-state index in [-0.39, 0.29) is 16.5 Å². The predicted octanol–water partition coefficient (Wildman–Crippen LogP) is 0.410. The highest BCUT2D eigenvalue weighted by atomic mass is 32.2. The number of anilines is 1. The van der Waals surface area contributed by atoms with Crippen molar-refractivity contribution in [2.24, 2.45) is 0 Å². The Bertz CT molecular complexity index is 973. The first-order chi connectivity index (χ1) is 13.2. The molecule has 0 spiro atoms. The van der Waals surface area contributed by atoms with Gasteiger partial charge in [-0.1, -0.05) is 12.1 Å². The van der Waals surface area contributed by atoms with Crippen molar-refractivity contribution in [3.05, 3.63) is 59.4 Å². The van der Waals surface area contributed by atoms with Gasteiger partial charge in [-0.2, -0.15) is 0 Å². The number of hydrogen-bond donors (Lipinski definition) is 3. The molecule has 9 heteroatoms. The topological polar surface area (TPSA) is 82.9 Å². The SMILES string of the molecule is Cc1ccc(S(=O)(=O)Nc2cccc(C(=O)NN3CC[NH+](C)CC3)c2)cc1F. The van der Waals surface area contributed by atoms with Crippen LogP contribution in [0.5, 0.6) is 0 Å². The van der Waals surface area contributed by atoms with Gasteiger partial charge in [0.1, 0.15) is 5.82 Å². The number of benzene rings is 2. The van der Waals surface area contributed by atoms with Gasteiger partial charge < -0.3 is 4.90 Å². The Hall–Kier alpha value is -2.49. The normalized spacial score (nSPS) is 16.0. The summed E-state index contributed by atoms with van der Waals surface area (Å²) in [5, 5.41) is 1.86. The van der Waals surface area contributed by atoms with Crippen LogP contribution >= 0.6 is 0 Å². The van der Waals surface area contributed by atoms with Crippen LogP contribution < -0.4 is 15.0 Å². The smallest absolute Gasteiger partial charge is 0.265 e. The Morgan fingerprint density at radius 1 is 1.14 bits per heavy atom. The van der Waals surface area contributed by atoms with Gasteiger partial charge in [0.15, 0.2) is 0 Å². The zero-order valence-corrected chi connectivity index (χ0v) is 16.6. The van der Waals surface area contributed by atoms with E-state index in [4.69, 9.17) is 0 Å². The number of nitrogens with one attached hydrogen (secondary N) is 3. The number of piperazine rings is 1. The fraction of sp³-hybridized carbons (Fsp3) is 0.316. The fourth-order valence-electron chi connectivity index (χ4n) is 2.89. The molecule has 1 aliphatic rings. The molecular formula is C19H24FN4O3S+. The number of sulfonamides is 1. The summed E-state index contributed by atoms with van der Waals surface area (Å²) in [6.07, 6.45) is 0. The average molecular weight is 407 g/mol. The molecule has 1 fully saturated rings. The molecule has 28 heavy (non-hydrogen) atoms. The van der Waals surface area contributed by atoms with Gasteiger partial charge in [0, 0.05) is 11.3 Å². The van der Waals surface area contributed by atoms with Crippen molar-refractivity contribution in [1.82, 2.24) is 10.4 Å². The first kappa shape index (κ1) is 20.2. The monoisotopic (exact) mass is 407 g/mol. The Morgan fingerprint density at radius 3 is 2.54 bits per heavy atom. The molecule has 1 amide bonds. The minimum Gasteiger partial charge on any atom is -0.335 e. The van der Waals surface area contributed by atoms with Gasteiger partial charge in [-0.25, -0.2) is 17.8 Å².